The number of aromatic carboxylic acids is 1. The van der Waals surface area contributed by atoms with Crippen LogP contribution < -0.4 is 0 Å². The molecule has 2 heteroatoms. The molecule has 0 heterocycles. The number of carboxylic acids is 1. The largest absolute Gasteiger partial charge is 0.478 e. The molecule has 2 aromatic rings. The van der Waals surface area contributed by atoms with Crippen LogP contribution in [-0.2, 0) is 0 Å². The Morgan fingerprint density at radius 3 is 2.42 bits per heavy atom. The minimum Gasteiger partial charge on any atom is -0.478 e. The van der Waals surface area contributed by atoms with Crippen molar-refractivity contribution in [2.75, 3.05) is 0 Å². The van der Waals surface area contributed by atoms with E-state index < -0.39 is 5.97 Å². The Morgan fingerprint density at radius 1 is 1.11 bits per heavy atom. The van der Waals surface area contributed by atoms with Crippen molar-refractivity contribution in [2.45, 2.75) is 26.7 Å². The van der Waals surface area contributed by atoms with Gasteiger partial charge in [-0.05, 0) is 47.2 Å². The van der Waals surface area contributed by atoms with Gasteiger partial charge in [0.2, 0.25) is 0 Å². The molecule has 0 amide bonds. The Morgan fingerprint density at radius 2 is 1.84 bits per heavy atom. The molecular formula is C17H18O2. The molecule has 1 N–H and O–H groups in total. The molecule has 0 saturated carbocycles. The molecule has 0 bridgehead atoms. The Labute approximate surface area is 113 Å². The summed E-state index contributed by atoms with van der Waals surface area (Å²) < 4.78 is 0. The molecule has 0 aliphatic heterocycles. The number of carbonyl (C=O) groups is 1. The molecule has 0 atom stereocenters. The molecule has 0 aliphatic carbocycles. The fourth-order valence-corrected chi connectivity index (χ4v) is 2.19. The van der Waals surface area contributed by atoms with Crippen LogP contribution in [0.3, 0.4) is 0 Å². The second-order valence-electron chi connectivity index (χ2n) is 5.12. The van der Waals surface area contributed by atoms with Crippen LogP contribution in [0.15, 0.2) is 42.5 Å². The first kappa shape index (κ1) is 13.3. The number of aryl methyl sites for hydroxylation is 1. The molecule has 0 unspecified atom stereocenters. The highest BCUT2D eigenvalue weighted by molar-refractivity contribution is 5.89. The van der Waals surface area contributed by atoms with Gasteiger partial charge in [0, 0.05) is 0 Å². The van der Waals surface area contributed by atoms with Crippen molar-refractivity contribution >= 4 is 5.97 Å². The van der Waals surface area contributed by atoms with Crippen molar-refractivity contribution in [3.8, 4) is 11.1 Å². The summed E-state index contributed by atoms with van der Waals surface area (Å²) in [6.07, 6.45) is 0. The summed E-state index contributed by atoms with van der Waals surface area (Å²) in [6.45, 7) is 6.28. The van der Waals surface area contributed by atoms with E-state index in [2.05, 4.69) is 38.1 Å². The summed E-state index contributed by atoms with van der Waals surface area (Å²) in [5.41, 5.74) is 4.84. The van der Waals surface area contributed by atoms with Crippen molar-refractivity contribution in [2.24, 2.45) is 0 Å². The zero-order chi connectivity index (χ0) is 14.0. The summed E-state index contributed by atoms with van der Waals surface area (Å²) in [5, 5.41) is 8.99. The van der Waals surface area contributed by atoms with Gasteiger partial charge in [0.25, 0.3) is 0 Å². The van der Waals surface area contributed by atoms with Crippen LogP contribution in [0.1, 0.15) is 41.3 Å². The van der Waals surface area contributed by atoms with Gasteiger partial charge in [-0.2, -0.15) is 0 Å². The molecule has 2 aromatic carbocycles. The second kappa shape index (κ2) is 5.27. The lowest BCUT2D eigenvalue weighted by atomic mass is 9.94. The molecule has 0 fully saturated rings. The summed E-state index contributed by atoms with van der Waals surface area (Å²) in [6, 6.07) is 13.7. The molecule has 98 valence electrons. The Hall–Kier alpha value is -2.09. The minimum atomic E-state index is -0.884. The van der Waals surface area contributed by atoms with Crippen molar-refractivity contribution in [3.05, 3.63) is 59.2 Å². The second-order valence-corrected chi connectivity index (χ2v) is 5.12. The van der Waals surface area contributed by atoms with Gasteiger partial charge in [0.15, 0.2) is 0 Å². The summed E-state index contributed by atoms with van der Waals surface area (Å²) >= 11 is 0. The smallest absolute Gasteiger partial charge is 0.335 e. The molecule has 0 aromatic heterocycles. The molecule has 0 saturated heterocycles. The molecule has 2 rings (SSSR count). The van der Waals surface area contributed by atoms with E-state index in [1.807, 2.05) is 13.0 Å². The van der Waals surface area contributed by atoms with Gasteiger partial charge < -0.3 is 5.11 Å². The van der Waals surface area contributed by atoms with Crippen LogP contribution in [0.25, 0.3) is 11.1 Å². The van der Waals surface area contributed by atoms with Crippen LogP contribution in [0.5, 0.6) is 0 Å². The first-order valence-corrected chi connectivity index (χ1v) is 6.43. The van der Waals surface area contributed by atoms with E-state index in [0.717, 1.165) is 16.7 Å². The lowest BCUT2D eigenvalue weighted by molar-refractivity contribution is 0.0697. The molecular weight excluding hydrogens is 236 g/mol. The van der Waals surface area contributed by atoms with Crippen LogP contribution >= 0.6 is 0 Å². The highest BCUT2D eigenvalue weighted by Gasteiger charge is 2.08. The van der Waals surface area contributed by atoms with Gasteiger partial charge in [-0.15, -0.1) is 0 Å². The highest BCUT2D eigenvalue weighted by atomic mass is 16.4. The van der Waals surface area contributed by atoms with E-state index in [9.17, 15) is 4.79 Å². The van der Waals surface area contributed by atoms with Gasteiger partial charge in [0.05, 0.1) is 5.56 Å². The summed E-state index contributed by atoms with van der Waals surface area (Å²) in [7, 11) is 0. The van der Waals surface area contributed by atoms with E-state index in [-0.39, 0.29) is 0 Å². The predicted octanol–water partition coefficient (Wildman–Crippen LogP) is 4.48. The lowest BCUT2D eigenvalue weighted by Crippen LogP contribution is -1.97. The molecule has 0 spiro atoms. The Bertz CT molecular complexity index is 612. The number of benzene rings is 2. The standard InChI is InChI=1S/C17H18O2/c1-11(2)13-5-4-6-14(10-13)16-8-7-15(17(18)19)9-12(16)3/h4-11H,1-3H3,(H,18,19). The first-order valence-electron chi connectivity index (χ1n) is 6.43. The van der Waals surface area contributed by atoms with Crippen molar-refractivity contribution in [3.63, 3.8) is 0 Å². The van der Waals surface area contributed by atoms with Gasteiger partial charge in [-0.3, -0.25) is 0 Å². The Kier molecular flexibility index (Phi) is 3.70. The third kappa shape index (κ3) is 2.84. The van der Waals surface area contributed by atoms with Gasteiger partial charge >= 0.3 is 5.97 Å². The summed E-state index contributed by atoms with van der Waals surface area (Å²) in [5.74, 6) is -0.399. The first-order chi connectivity index (χ1) is 8.99. The monoisotopic (exact) mass is 254 g/mol. The molecule has 2 nitrogen and oxygen atoms in total. The molecule has 19 heavy (non-hydrogen) atoms. The van der Waals surface area contributed by atoms with Crippen LogP contribution in [0, 0.1) is 6.92 Å². The SMILES string of the molecule is Cc1cc(C(=O)O)ccc1-c1cccc(C(C)C)c1. The maximum atomic E-state index is 10.9. The third-order valence-corrected chi connectivity index (χ3v) is 3.34. The fraction of sp³-hybridized carbons (Fsp3) is 0.235. The topological polar surface area (TPSA) is 37.3 Å². The Balaban J connectivity index is 2.47. The van der Waals surface area contributed by atoms with Crippen molar-refractivity contribution in [1.82, 2.24) is 0 Å². The zero-order valence-corrected chi connectivity index (χ0v) is 11.5. The normalized spacial score (nSPS) is 10.7. The summed E-state index contributed by atoms with van der Waals surface area (Å²) in [4.78, 5) is 10.9. The molecule has 0 aliphatic rings. The fourth-order valence-electron chi connectivity index (χ4n) is 2.19. The number of rotatable bonds is 3. The number of hydrogen-bond donors (Lipinski definition) is 1. The quantitative estimate of drug-likeness (QED) is 0.876. The van der Waals surface area contributed by atoms with Crippen LogP contribution in [0.2, 0.25) is 0 Å². The highest BCUT2D eigenvalue weighted by Crippen LogP contribution is 2.27. The van der Waals surface area contributed by atoms with E-state index in [1.54, 1.807) is 12.1 Å². The van der Waals surface area contributed by atoms with Crippen LogP contribution in [-0.4, -0.2) is 11.1 Å². The predicted molar refractivity (Wildman–Crippen MR) is 77.7 cm³/mol. The maximum Gasteiger partial charge on any atom is 0.335 e. The van der Waals surface area contributed by atoms with E-state index in [4.69, 9.17) is 5.11 Å². The van der Waals surface area contributed by atoms with E-state index in [0.29, 0.717) is 11.5 Å². The number of hydrogen-bond acceptors (Lipinski definition) is 1. The third-order valence-electron chi connectivity index (χ3n) is 3.34. The van der Waals surface area contributed by atoms with Crippen molar-refractivity contribution in [1.29, 1.82) is 0 Å². The van der Waals surface area contributed by atoms with Crippen molar-refractivity contribution < 1.29 is 9.90 Å². The molecule has 0 radical (unpaired) electrons. The number of carboxylic acid groups (broad SMARTS) is 1. The maximum absolute atomic E-state index is 10.9. The lowest BCUT2D eigenvalue weighted by Gasteiger charge is -2.11. The average molecular weight is 254 g/mol. The zero-order valence-electron chi connectivity index (χ0n) is 11.5. The average Bonchev–Trinajstić information content (AvgIpc) is 2.38. The van der Waals surface area contributed by atoms with Gasteiger partial charge in [0.1, 0.15) is 0 Å². The van der Waals surface area contributed by atoms with Gasteiger partial charge in [-0.25, -0.2) is 4.79 Å². The van der Waals surface area contributed by atoms with Gasteiger partial charge in [-0.1, -0.05) is 44.2 Å². The van der Waals surface area contributed by atoms with Crippen LogP contribution in [0.4, 0.5) is 0 Å². The minimum absolute atomic E-state index is 0.335. The van der Waals surface area contributed by atoms with E-state index in [1.165, 1.54) is 5.56 Å². The van der Waals surface area contributed by atoms with E-state index >= 15 is 0 Å².